The van der Waals surface area contributed by atoms with Crippen molar-refractivity contribution >= 4 is 11.6 Å². The topological polar surface area (TPSA) is 58.4 Å². The Hall–Kier alpha value is -1.55. The molecule has 18 heavy (non-hydrogen) atoms. The van der Waals surface area contributed by atoms with Crippen LogP contribution in [0.25, 0.3) is 0 Å². The van der Waals surface area contributed by atoms with Crippen molar-refractivity contribution in [2.45, 2.75) is 25.8 Å². The van der Waals surface area contributed by atoms with Gasteiger partial charge in [0.25, 0.3) is 0 Å². The Balaban J connectivity index is 2.13. The van der Waals surface area contributed by atoms with Crippen LogP contribution in [-0.2, 0) is 0 Å². The number of anilines is 1. The summed E-state index contributed by atoms with van der Waals surface area (Å²) in [6, 6.07) is 8.12. The maximum Gasteiger partial charge on any atom is 0.248 e. The third kappa shape index (κ3) is 2.82. The van der Waals surface area contributed by atoms with Gasteiger partial charge >= 0.3 is 0 Å². The number of primary amides is 1. The van der Waals surface area contributed by atoms with Crippen LogP contribution in [0.15, 0.2) is 24.3 Å². The third-order valence-corrected chi connectivity index (χ3v) is 3.54. The molecule has 4 nitrogen and oxygen atoms in total. The van der Waals surface area contributed by atoms with Gasteiger partial charge in [-0.05, 0) is 50.6 Å². The van der Waals surface area contributed by atoms with E-state index in [1.807, 2.05) is 12.1 Å². The van der Waals surface area contributed by atoms with E-state index in [-0.39, 0.29) is 5.91 Å². The highest BCUT2D eigenvalue weighted by atomic mass is 16.1. The van der Waals surface area contributed by atoms with Gasteiger partial charge in [-0.25, -0.2) is 0 Å². The SMILES string of the molecule is CCN(c1ccc(C(N)=O)cc1)C1CCCNC1. The molecule has 1 heterocycles. The predicted molar refractivity (Wildman–Crippen MR) is 73.9 cm³/mol. The first-order valence-electron chi connectivity index (χ1n) is 6.59. The highest BCUT2D eigenvalue weighted by Gasteiger charge is 2.19. The normalized spacial score (nSPS) is 19.5. The Bertz CT molecular complexity index is 396. The second kappa shape index (κ2) is 5.87. The minimum atomic E-state index is -0.371. The number of nitrogens with two attached hydrogens (primary N) is 1. The molecule has 1 saturated heterocycles. The molecule has 0 radical (unpaired) electrons. The number of hydrogen-bond donors (Lipinski definition) is 2. The summed E-state index contributed by atoms with van der Waals surface area (Å²) in [4.78, 5) is 13.4. The van der Waals surface area contributed by atoms with Crippen molar-refractivity contribution in [3.8, 4) is 0 Å². The van der Waals surface area contributed by atoms with Crippen LogP contribution >= 0.6 is 0 Å². The minimum absolute atomic E-state index is 0.371. The largest absolute Gasteiger partial charge is 0.368 e. The number of piperidine rings is 1. The van der Waals surface area contributed by atoms with Crippen molar-refractivity contribution in [2.24, 2.45) is 5.73 Å². The molecule has 1 amide bonds. The quantitative estimate of drug-likeness (QED) is 0.844. The molecule has 0 bridgehead atoms. The molecular weight excluding hydrogens is 226 g/mol. The van der Waals surface area contributed by atoms with Crippen LogP contribution in [0.3, 0.4) is 0 Å². The first-order valence-corrected chi connectivity index (χ1v) is 6.59. The molecule has 0 aliphatic carbocycles. The van der Waals surface area contributed by atoms with E-state index in [2.05, 4.69) is 17.1 Å². The lowest BCUT2D eigenvalue weighted by molar-refractivity contribution is 0.100. The van der Waals surface area contributed by atoms with Crippen molar-refractivity contribution < 1.29 is 4.79 Å². The average Bonchev–Trinajstić information content (AvgIpc) is 2.41. The van der Waals surface area contributed by atoms with Crippen LogP contribution in [0.1, 0.15) is 30.1 Å². The molecular formula is C14H21N3O. The Morgan fingerprint density at radius 2 is 2.17 bits per heavy atom. The molecule has 3 N–H and O–H groups in total. The van der Waals surface area contributed by atoms with Gasteiger partial charge < -0.3 is 16.0 Å². The number of amides is 1. The molecule has 1 aliphatic heterocycles. The summed E-state index contributed by atoms with van der Waals surface area (Å²) < 4.78 is 0. The molecule has 2 rings (SSSR count). The standard InChI is InChI=1S/C14H21N3O/c1-2-17(13-4-3-9-16-10-13)12-7-5-11(6-8-12)14(15)18/h5-8,13,16H,2-4,9-10H2,1H3,(H2,15,18). The van der Waals surface area contributed by atoms with Crippen molar-refractivity contribution in [3.63, 3.8) is 0 Å². The van der Waals surface area contributed by atoms with Gasteiger partial charge in [-0.1, -0.05) is 0 Å². The van der Waals surface area contributed by atoms with Crippen LogP contribution in [0.5, 0.6) is 0 Å². The number of rotatable bonds is 4. The number of nitrogens with zero attached hydrogens (tertiary/aromatic N) is 1. The van der Waals surface area contributed by atoms with Gasteiger partial charge in [-0.3, -0.25) is 4.79 Å². The zero-order valence-corrected chi connectivity index (χ0v) is 10.9. The molecule has 1 aromatic rings. The fourth-order valence-electron chi connectivity index (χ4n) is 2.57. The van der Waals surface area contributed by atoms with Gasteiger partial charge in [0.1, 0.15) is 0 Å². The highest BCUT2D eigenvalue weighted by molar-refractivity contribution is 5.93. The molecule has 98 valence electrons. The van der Waals surface area contributed by atoms with Crippen LogP contribution in [-0.4, -0.2) is 31.6 Å². The fourth-order valence-corrected chi connectivity index (χ4v) is 2.57. The van der Waals surface area contributed by atoms with Gasteiger partial charge in [0.15, 0.2) is 0 Å². The number of likely N-dealkylation sites (N-methyl/N-ethyl adjacent to an activating group) is 1. The second-order valence-electron chi connectivity index (χ2n) is 4.70. The highest BCUT2D eigenvalue weighted by Crippen LogP contribution is 2.21. The van der Waals surface area contributed by atoms with Crippen LogP contribution in [0, 0.1) is 0 Å². The Morgan fingerprint density at radius 3 is 2.67 bits per heavy atom. The van der Waals surface area contributed by atoms with E-state index in [1.165, 1.54) is 12.8 Å². The zero-order chi connectivity index (χ0) is 13.0. The molecule has 1 aromatic carbocycles. The number of carbonyl (C=O) groups excluding carboxylic acids is 1. The lowest BCUT2D eigenvalue weighted by Crippen LogP contribution is -2.46. The third-order valence-electron chi connectivity index (χ3n) is 3.54. The maximum absolute atomic E-state index is 11.1. The zero-order valence-electron chi connectivity index (χ0n) is 10.9. The maximum atomic E-state index is 11.1. The monoisotopic (exact) mass is 247 g/mol. The lowest BCUT2D eigenvalue weighted by atomic mass is 10.0. The van der Waals surface area contributed by atoms with Gasteiger partial charge in [-0.2, -0.15) is 0 Å². The van der Waals surface area contributed by atoms with Gasteiger partial charge in [0, 0.05) is 30.4 Å². The molecule has 0 aromatic heterocycles. The van der Waals surface area contributed by atoms with E-state index in [4.69, 9.17) is 5.73 Å². The molecule has 0 saturated carbocycles. The van der Waals surface area contributed by atoms with Gasteiger partial charge in [0.2, 0.25) is 5.91 Å². The molecule has 1 fully saturated rings. The summed E-state index contributed by atoms with van der Waals surface area (Å²) >= 11 is 0. The number of benzene rings is 1. The molecule has 1 atom stereocenters. The van der Waals surface area contributed by atoms with Crippen molar-refractivity contribution in [1.29, 1.82) is 0 Å². The smallest absolute Gasteiger partial charge is 0.248 e. The summed E-state index contributed by atoms with van der Waals surface area (Å²) in [5.74, 6) is -0.371. The lowest BCUT2D eigenvalue weighted by Gasteiger charge is -2.35. The van der Waals surface area contributed by atoms with Crippen molar-refractivity contribution in [1.82, 2.24) is 5.32 Å². The minimum Gasteiger partial charge on any atom is -0.368 e. The van der Waals surface area contributed by atoms with E-state index in [0.717, 1.165) is 25.3 Å². The van der Waals surface area contributed by atoms with Gasteiger partial charge in [-0.15, -0.1) is 0 Å². The van der Waals surface area contributed by atoms with E-state index in [9.17, 15) is 4.79 Å². The summed E-state index contributed by atoms with van der Waals surface area (Å²) in [6.45, 7) is 5.29. The number of nitrogens with one attached hydrogen (secondary N) is 1. The Labute approximate surface area is 108 Å². The molecule has 1 aliphatic rings. The molecule has 4 heteroatoms. The first-order chi connectivity index (χ1) is 8.72. The molecule has 1 unspecified atom stereocenters. The van der Waals surface area contributed by atoms with Crippen molar-refractivity contribution in [2.75, 3.05) is 24.5 Å². The van der Waals surface area contributed by atoms with E-state index in [0.29, 0.717) is 11.6 Å². The van der Waals surface area contributed by atoms with E-state index < -0.39 is 0 Å². The summed E-state index contributed by atoms with van der Waals surface area (Å²) in [5, 5.41) is 3.43. The van der Waals surface area contributed by atoms with Crippen LogP contribution < -0.4 is 16.0 Å². The molecule has 0 spiro atoms. The van der Waals surface area contributed by atoms with Crippen LogP contribution in [0.2, 0.25) is 0 Å². The first kappa shape index (κ1) is 12.9. The van der Waals surface area contributed by atoms with Crippen LogP contribution in [0.4, 0.5) is 5.69 Å². The second-order valence-corrected chi connectivity index (χ2v) is 4.70. The van der Waals surface area contributed by atoms with Crippen molar-refractivity contribution in [3.05, 3.63) is 29.8 Å². The summed E-state index contributed by atoms with van der Waals surface area (Å²) in [6.07, 6.45) is 2.44. The predicted octanol–water partition coefficient (Wildman–Crippen LogP) is 1.36. The summed E-state index contributed by atoms with van der Waals surface area (Å²) in [5.41, 5.74) is 6.98. The number of hydrogen-bond acceptors (Lipinski definition) is 3. The fraction of sp³-hybridized carbons (Fsp3) is 0.500. The van der Waals surface area contributed by atoms with E-state index in [1.54, 1.807) is 12.1 Å². The Kier molecular flexibility index (Phi) is 4.20. The number of carbonyl (C=O) groups is 1. The Morgan fingerprint density at radius 1 is 1.44 bits per heavy atom. The van der Waals surface area contributed by atoms with Gasteiger partial charge in [0.05, 0.1) is 0 Å². The summed E-state index contributed by atoms with van der Waals surface area (Å²) in [7, 11) is 0. The van der Waals surface area contributed by atoms with E-state index >= 15 is 0 Å². The average molecular weight is 247 g/mol.